The van der Waals surface area contributed by atoms with Crippen molar-refractivity contribution in [2.75, 3.05) is 26.4 Å². The lowest BCUT2D eigenvalue weighted by molar-refractivity contribution is -0.384. The van der Waals surface area contributed by atoms with E-state index < -0.39 is 11.1 Å². The molecule has 0 fully saturated rings. The van der Waals surface area contributed by atoms with Gasteiger partial charge in [-0.15, -0.1) is 0 Å². The first-order valence-electron chi connectivity index (χ1n) is 9.97. The van der Waals surface area contributed by atoms with Crippen molar-refractivity contribution in [3.63, 3.8) is 0 Å². The van der Waals surface area contributed by atoms with Crippen molar-refractivity contribution in [2.45, 2.75) is 32.6 Å². The predicted molar refractivity (Wildman–Crippen MR) is 111 cm³/mol. The SMILES string of the molecule is CCCCCc1ccc(OCCOCCOC(=O)Oc2ccc([N+](=O)[O-])cc2)cc1. The van der Waals surface area contributed by atoms with E-state index in [1.54, 1.807) is 0 Å². The summed E-state index contributed by atoms with van der Waals surface area (Å²) in [5, 5.41) is 10.6. The maximum Gasteiger partial charge on any atom is 0.513 e. The number of non-ortho nitro benzene ring substituents is 1. The molecular weight excluding hydrogens is 390 g/mol. The van der Waals surface area contributed by atoms with E-state index in [0.29, 0.717) is 13.2 Å². The minimum atomic E-state index is -0.900. The van der Waals surface area contributed by atoms with E-state index in [1.807, 2.05) is 12.1 Å². The molecule has 0 N–H and O–H groups in total. The van der Waals surface area contributed by atoms with Gasteiger partial charge in [0.2, 0.25) is 0 Å². The standard InChI is InChI=1S/C22H27NO7/c1-2-3-4-5-18-6-10-20(11-7-18)28-16-14-27-15-17-29-22(24)30-21-12-8-19(9-13-21)23(25)26/h6-13H,2-5,14-17H2,1H3. The van der Waals surface area contributed by atoms with Crippen LogP contribution >= 0.6 is 0 Å². The fraction of sp³-hybridized carbons (Fsp3) is 0.409. The van der Waals surface area contributed by atoms with E-state index in [9.17, 15) is 14.9 Å². The number of nitro groups is 1. The van der Waals surface area contributed by atoms with E-state index in [1.165, 1.54) is 49.1 Å². The third kappa shape index (κ3) is 8.91. The van der Waals surface area contributed by atoms with Crippen LogP contribution in [0.3, 0.4) is 0 Å². The highest BCUT2D eigenvalue weighted by Gasteiger charge is 2.09. The van der Waals surface area contributed by atoms with Crippen LogP contribution in [0, 0.1) is 10.1 Å². The Bertz CT molecular complexity index is 775. The smallest absolute Gasteiger partial charge is 0.491 e. The molecule has 162 valence electrons. The van der Waals surface area contributed by atoms with Crippen LogP contribution in [0.25, 0.3) is 0 Å². The van der Waals surface area contributed by atoms with Crippen LogP contribution in [0.1, 0.15) is 31.7 Å². The lowest BCUT2D eigenvalue weighted by Gasteiger charge is -2.09. The number of ether oxygens (including phenoxy) is 4. The molecule has 0 aromatic heterocycles. The zero-order valence-corrected chi connectivity index (χ0v) is 17.1. The van der Waals surface area contributed by atoms with Crippen LogP contribution in [-0.4, -0.2) is 37.5 Å². The summed E-state index contributed by atoms with van der Waals surface area (Å²) in [5.74, 6) is 0.956. The largest absolute Gasteiger partial charge is 0.513 e. The van der Waals surface area contributed by atoms with E-state index in [4.69, 9.17) is 18.9 Å². The summed E-state index contributed by atoms with van der Waals surface area (Å²) in [5.41, 5.74) is 1.22. The molecule has 0 atom stereocenters. The predicted octanol–water partition coefficient (Wildman–Crippen LogP) is 4.94. The van der Waals surface area contributed by atoms with Crippen LogP contribution in [0.5, 0.6) is 11.5 Å². The number of rotatable bonds is 13. The number of carbonyl (C=O) groups is 1. The Morgan fingerprint density at radius 1 is 0.900 bits per heavy atom. The van der Waals surface area contributed by atoms with Gasteiger partial charge in [0.25, 0.3) is 5.69 Å². The molecule has 8 heteroatoms. The van der Waals surface area contributed by atoms with Gasteiger partial charge < -0.3 is 18.9 Å². The number of hydrogen-bond donors (Lipinski definition) is 0. The monoisotopic (exact) mass is 417 g/mol. The number of unbranched alkanes of at least 4 members (excludes halogenated alkanes) is 2. The molecule has 2 aromatic rings. The quantitative estimate of drug-likeness (QED) is 0.150. The minimum Gasteiger partial charge on any atom is -0.491 e. The average molecular weight is 417 g/mol. The molecule has 0 bridgehead atoms. The number of aryl methyl sites for hydroxylation is 1. The van der Waals surface area contributed by atoms with Gasteiger partial charge in [0.1, 0.15) is 24.7 Å². The fourth-order valence-electron chi connectivity index (χ4n) is 2.60. The van der Waals surface area contributed by atoms with Gasteiger partial charge in [-0.2, -0.15) is 0 Å². The second kappa shape index (κ2) is 13.2. The van der Waals surface area contributed by atoms with Gasteiger partial charge in [-0.1, -0.05) is 31.9 Å². The van der Waals surface area contributed by atoms with Crippen LogP contribution in [0.4, 0.5) is 10.5 Å². The van der Waals surface area contributed by atoms with Gasteiger partial charge >= 0.3 is 6.16 Å². The molecule has 0 aliphatic heterocycles. The van der Waals surface area contributed by atoms with Crippen LogP contribution in [-0.2, 0) is 15.9 Å². The highest BCUT2D eigenvalue weighted by molar-refractivity contribution is 5.63. The van der Waals surface area contributed by atoms with Gasteiger partial charge in [-0.3, -0.25) is 10.1 Å². The first-order valence-corrected chi connectivity index (χ1v) is 9.97. The first-order chi connectivity index (χ1) is 14.6. The van der Waals surface area contributed by atoms with E-state index in [2.05, 4.69) is 19.1 Å². The Hall–Kier alpha value is -3.13. The third-order valence-corrected chi connectivity index (χ3v) is 4.19. The zero-order chi connectivity index (χ0) is 21.6. The van der Waals surface area contributed by atoms with E-state index in [-0.39, 0.29) is 24.7 Å². The van der Waals surface area contributed by atoms with Gasteiger partial charge in [0.05, 0.1) is 18.1 Å². The summed E-state index contributed by atoms with van der Waals surface area (Å²) in [6.07, 6.45) is 3.85. The molecular formula is C22H27NO7. The van der Waals surface area contributed by atoms with Gasteiger partial charge in [0, 0.05) is 12.1 Å². The van der Waals surface area contributed by atoms with Crippen molar-refractivity contribution < 1.29 is 28.7 Å². The summed E-state index contributed by atoms with van der Waals surface area (Å²) >= 11 is 0. The molecule has 0 saturated carbocycles. The van der Waals surface area contributed by atoms with Crippen LogP contribution < -0.4 is 9.47 Å². The number of benzene rings is 2. The maximum atomic E-state index is 11.6. The molecule has 0 radical (unpaired) electrons. The lowest BCUT2D eigenvalue weighted by atomic mass is 10.1. The Balaban J connectivity index is 1.52. The Labute approximate surface area is 175 Å². The fourth-order valence-corrected chi connectivity index (χ4v) is 2.60. The molecule has 0 heterocycles. The van der Waals surface area contributed by atoms with Crippen molar-refractivity contribution in [1.82, 2.24) is 0 Å². The van der Waals surface area contributed by atoms with Gasteiger partial charge in [-0.05, 0) is 42.7 Å². The first kappa shape index (κ1) is 23.2. The second-order valence-corrected chi connectivity index (χ2v) is 6.51. The molecule has 2 aromatic carbocycles. The molecule has 0 saturated heterocycles. The highest BCUT2D eigenvalue weighted by Crippen LogP contribution is 2.17. The lowest BCUT2D eigenvalue weighted by Crippen LogP contribution is -2.16. The summed E-state index contributed by atoms with van der Waals surface area (Å²) in [4.78, 5) is 21.6. The number of hydrogen-bond acceptors (Lipinski definition) is 7. The Morgan fingerprint density at radius 2 is 1.57 bits per heavy atom. The molecule has 30 heavy (non-hydrogen) atoms. The zero-order valence-electron chi connectivity index (χ0n) is 17.1. The number of carbonyl (C=O) groups excluding carboxylic acids is 1. The molecule has 0 aliphatic rings. The number of nitrogens with zero attached hydrogens (tertiary/aromatic N) is 1. The maximum absolute atomic E-state index is 11.6. The van der Waals surface area contributed by atoms with Crippen molar-refractivity contribution in [3.05, 3.63) is 64.2 Å². The van der Waals surface area contributed by atoms with Crippen molar-refractivity contribution in [1.29, 1.82) is 0 Å². The van der Waals surface area contributed by atoms with Gasteiger partial charge in [-0.25, -0.2) is 4.79 Å². The van der Waals surface area contributed by atoms with Crippen molar-refractivity contribution in [3.8, 4) is 11.5 Å². The summed E-state index contributed by atoms with van der Waals surface area (Å²) in [6.45, 7) is 3.17. The average Bonchev–Trinajstić information content (AvgIpc) is 2.74. The molecule has 0 spiro atoms. The molecule has 8 nitrogen and oxygen atoms in total. The van der Waals surface area contributed by atoms with E-state index in [0.717, 1.165) is 12.2 Å². The topological polar surface area (TPSA) is 97.1 Å². The van der Waals surface area contributed by atoms with Gasteiger partial charge in [0.15, 0.2) is 0 Å². The normalized spacial score (nSPS) is 10.4. The third-order valence-electron chi connectivity index (χ3n) is 4.19. The molecule has 2 rings (SSSR count). The van der Waals surface area contributed by atoms with Crippen LogP contribution in [0.2, 0.25) is 0 Å². The summed E-state index contributed by atoms with van der Waals surface area (Å²) in [7, 11) is 0. The summed E-state index contributed by atoms with van der Waals surface area (Å²) in [6, 6.07) is 13.2. The molecule has 0 aliphatic carbocycles. The van der Waals surface area contributed by atoms with Crippen molar-refractivity contribution in [2.24, 2.45) is 0 Å². The second-order valence-electron chi connectivity index (χ2n) is 6.51. The van der Waals surface area contributed by atoms with Crippen LogP contribution in [0.15, 0.2) is 48.5 Å². The summed E-state index contributed by atoms with van der Waals surface area (Å²) < 4.78 is 20.8. The van der Waals surface area contributed by atoms with Crippen molar-refractivity contribution >= 4 is 11.8 Å². The Morgan fingerprint density at radius 3 is 2.23 bits per heavy atom. The molecule has 0 amide bonds. The Kier molecular flexibility index (Phi) is 10.2. The number of nitro benzene ring substituents is 1. The highest BCUT2D eigenvalue weighted by atomic mass is 16.7. The van der Waals surface area contributed by atoms with E-state index >= 15 is 0 Å². The molecule has 0 unspecified atom stereocenters. The minimum absolute atomic E-state index is 0.0261.